The average Bonchev–Trinajstić information content (AvgIpc) is 3.39. The maximum atomic E-state index is 13.5. The number of esters is 1. The first kappa shape index (κ1) is 31.1. The summed E-state index contributed by atoms with van der Waals surface area (Å²) in [5.41, 5.74) is 3.81. The Morgan fingerprint density at radius 2 is 1.98 bits per heavy atom. The van der Waals surface area contributed by atoms with Crippen molar-refractivity contribution in [3.8, 4) is 0 Å². The first-order valence-corrected chi connectivity index (χ1v) is 15.4. The van der Waals surface area contributed by atoms with Crippen molar-refractivity contribution in [2.24, 2.45) is 11.8 Å². The van der Waals surface area contributed by atoms with E-state index in [1.54, 1.807) is 10.6 Å². The van der Waals surface area contributed by atoms with E-state index in [2.05, 4.69) is 30.5 Å². The van der Waals surface area contributed by atoms with E-state index in [0.29, 0.717) is 36.7 Å². The second-order valence-corrected chi connectivity index (χ2v) is 12.4. The van der Waals surface area contributed by atoms with Gasteiger partial charge in [0.25, 0.3) is 5.56 Å². The molecule has 4 heterocycles. The van der Waals surface area contributed by atoms with E-state index in [4.69, 9.17) is 19.0 Å². The van der Waals surface area contributed by atoms with Crippen LogP contribution in [0.2, 0.25) is 0 Å². The van der Waals surface area contributed by atoms with Gasteiger partial charge in [-0.25, -0.2) is 9.37 Å². The highest BCUT2D eigenvalue weighted by Gasteiger charge is 2.28. The van der Waals surface area contributed by atoms with Gasteiger partial charge >= 0.3 is 5.97 Å². The highest BCUT2D eigenvalue weighted by Crippen LogP contribution is 2.33. The molecule has 9 nitrogen and oxygen atoms in total. The van der Waals surface area contributed by atoms with Gasteiger partial charge in [-0.1, -0.05) is 31.2 Å². The lowest BCUT2D eigenvalue weighted by Crippen LogP contribution is -2.38. The lowest BCUT2D eigenvalue weighted by atomic mass is 9.87. The van der Waals surface area contributed by atoms with Crippen LogP contribution >= 0.6 is 0 Å². The van der Waals surface area contributed by atoms with E-state index in [0.717, 1.165) is 66.8 Å². The topological polar surface area (TPSA) is 99.7 Å². The number of aryl methyl sites for hydroxylation is 1. The van der Waals surface area contributed by atoms with Gasteiger partial charge in [-0.15, -0.1) is 0 Å². The smallest absolute Gasteiger partial charge is 0.308 e. The van der Waals surface area contributed by atoms with Crippen molar-refractivity contribution in [1.82, 2.24) is 19.6 Å². The van der Waals surface area contributed by atoms with Crippen LogP contribution in [0.3, 0.4) is 0 Å². The standard InChI is InChI=1S/C33H43FN4O5/c1-20(2)27(21(3)4)18-30(39)42-19-41-28-7-6-13-38-32(28)35-22(5)25(33(38)40)12-16-37-14-10-23(11-15-37)31-26-9-8-24(34)17-29(26)43-36-31/h8-9,17,21,23,27-28H,1,6-7,10-16,18-19H2,2-5H3. The van der Waals surface area contributed by atoms with Crippen molar-refractivity contribution >= 4 is 16.9 Å². The Morgan fingerprint density at radius 1 is 1.21 bits per heavy atom. The molecule has 0 saturated carbocycles. The predicted molar refractivity (Wildman–Crippen MR) is 161 cm³/mol. The minimum atomic E-state index is -0.396. The number of nitrogens with zero attached hydrogens (tertiary/aromatic N) is 4. The predicted octanol–water partition coefficient (Wildman–Crippen LogP) is 5.84. The molecule has 0 N–H and O–H groups in total. The fourth-order valence-corrected chi connectivity index (χ4v) is 6.52. The minimum Gasteiger partial charge on any atom is -0.438 e. The van der Waals surface area contributed by atoms with Gasteiger partial charge in [0.15, 0.2) is 12.4 Å². The Morgan fingerprint density at radius 3 is 2.70 bits per heavy atom. The molecule has 0 spiro atoms. The second-order valence-electron chi connectivity index (χ2n) is 12.4. The van der Waals surface area contributed by atoms with Crippen LogP contribution in [0, 0.1) is 24.6 Å². The van der Waals surface area contributed by atoms with E-state index in [1.165, 1.54) is 12.1 Å². The van der Waals surface area contributed by atoms with Crippen LogP contribution in [0.1, 0.15) is 87.7 Å². The maximum Gasteiger partial charge on any atom is 0.308 e. The molecule has 1 aromatic carbocycles. The molecule has 2 unspecified atom stereocenters. The molecule has 1 saturated heterocycles. The molecule has 0 radical (unpaired) electrons. The van der Waals surface area contributed by atoms with Gasteiger partial charge in [0.2, 0.25) is 0 Å². The lowest BCUT2D eigenvalue weighted by molar-refractivity contribution is -0.164. The first-order chi connectivity index (χ1) is 20.6. The van der Waals surface area contributed by atoms with Gasteiger partial charge in [-0.05, 0) is 83.0 Å². The summed E-state index contributed by atoms with van der Waals surface area (Å²) in [7, 11) is 0. The van der Waals surface area contributed by atoms with Crippen LogP contribution in [0.5, 0.6) is 0 Å². The largest absolute Gasteiger partial charge is 0.438 e. The number of benzene rings is 1. The Kier molecular flexibility index (Phi) is 9.76. The summed E-state index contributed by atoms with van der Waals surface area (Å²) in [4.78, 5) is 33.1. The number of fused-ring (bicyclic) bond motifs is 2. The van der Waals surface area contributed by atoms with Crippen molar-refractivity contribution in [2.75, 3.05) is 26.4 Å². The molecule has 43 heavy (non-hydrogen) atoms. The van der Waals surface area contributed by atoms with E-state index < -0.39 is 6.10 Å². The van der Waals surface area contributed by atoms with Crippen molar-refractivity contribution in [2.45, 2.75) is 84.8 Å². The number of halogens is 1. The third kappa shape index (κ3) is 7.07. The summed E-state index contributed by atoms with van der Waals surface area (Å²) in [6.45, 7) is 14.9. The fourth-order valence-electron chi connectivity index (χ4n) is 6.52. The van der Waals surface area contributed by atoms with Gasteiger partial charge in [0.1, 0.15) is 17.7 Å². The maximum absolute atomic E-state index is 13.5. The highest BCUT2D eigenvalue weighted by molar-refractivity contribution is 5.79. The van der Waals surface area contributed by atoms with Gasteiger partial charge < -0.3 is 18.9 Å². The molecule has 2 aromatic heterocycles. The molecule has 2 aliphatic heterocycles. The van der Waals surface area contributed by atoms with Crippen molar-refractivity contribution < 1.29 is 23.2 Å². The number of carbonyl (C=O) groups is 1. The van der Waals surface area contributed by atoms with Crippen molar-refractivity contribution in [3.05, 3.63) is 69.3 Å². The van der Waals surface area contributed by atoms with Crippen LogP contribution in [0.4, 0.5) is 4.39 Å². The Balaban J connectivity index is 1.15. The summed E-state index contributed by atoms with van der Waals surface area (Å²) in [5, 5.41) is 5.13. The number of aromatic nitrogens is 3. The Hall–Kier alpha value is -3.37. The van der Waals surface area contributed by atoms with Crippen LogP contribution in [0.25, 0.3) is 11.0 Å². The molecule has 3 aromatic rings. The Labute approximate surface area is 252 Å². The summed E-state index contributed by atoms with van der Waals surface area (Å²) >= 11 is 0. The van der Waals surface area contributed by atoms with E-state index >= 15 is 0 Å². The summed E-state index contributed by atoms with van der Waals surface area (Å²) < 4.78 is 32.0. The zero-order valence-electron chi connectivity index (χ0n) is 25.7. The van der Waals surface area contributed by atoms with Gasteiger partial charge in [-0.3, -0.25) is 14.2 Å². The molecule has 2 aliphatic rings. The monoisotopic (exact) mass is 594 g/mol. The Bertz CT molecular complexity index is 1520. The first-order valence-electron chi connectivity index (χ1n) is 15.4. The second kappa shape index (κ2) is 13.5. The quantitative estimate of drug-likeness (QED) is 0.155. The normalized spacial score (nSPS) is 18.6. The van der Waals surface area contributed by atoms with Crippen LogP contribution in [0.15, 0.2) is 39.7 Å². The van der Waals surface area contributed by atoms with E-state index in [-0.39, 0.29) is 42.4 Å². The molecule has 1 fully saturated rings. The molecular formula is C33H43FN4O5. The van der Waals surface area contributed by atoms with Crippen molar-refractivity contribution in [3.63, 3.8) is 0 Å². The van der Waals surface area contributed by atoms with Crippen molar-refractivity contribution in [1.29, 1.82) is 0 Å². The van der Waals surface area contributed by atoms with Crippen LogP contribution in [-0.4, -0.2) is 52.0 Å². The minimum absolute atomic E-state index is 0.00906. The number of rotatable bonds is 11. The zero-order valence-corrected chi connectivity index (χ0v) is 25.7. The molecule has 0 aliphatic carbocycles. The lowest BCUT2D eigenvalue weighted by Gasteiger charge is -2.31. The van der Waals surface area contributed by atoms with Gasteiger partial charge in [-0.2, -0.15) is 0 Å². The van der Waals surface area contributed by atoms with Crippen LogP contribution in [-0.2, 0) is 27.2 Å². The summed E-state index contributed by atoms with van der Waals surface area (Å²) in [6, 6.07) is 4.58. The molecule has 2 atom stereocenters. The third-order valence-corrected chi connectivity index (χ3v) is 9.06. The SMILES string of the molecule is C=C(C)C(CC(=O)OCOC1CCCn2c1nc(C)c(CCN1CCC(c3noc4cc(F)ccc34)CC1)c2=O)C(C)C. The zero-order chi connectivity index (χ0) is 30.7. The average molecular weight is 595 g/mol. The summed E-state index contributed by atoms with van der Waals surface area (Å²) in [5.74, 6) is 0.589. The molecule has 10 heteroatoms. The highest BCUT2D eigenvalue weighted by atomic mass is 19.1. The fraction of sp³-hybridized carbons (Fsp3) is 0.576. The number of hydrogen-bond donors (Lipinski definition) is 0. The third-order valence-electron chi connectivity index (χ3n) is 9.06. The van der Waals surface area contributed by atoms with Gasteiger partial charge in [0.05, 0.1) is 12.1 Å². The molecular weight excluding hydrogens is 551 g/mol. The van der Waals surface area contributed by atoms with E-state index in [1.807, 2.05) is 13.8 Å². The van der Waals surface area contributed by atoms with Gasteiger partial charge in [0, 0.05) is 41.7 Å². The number of likely N-dealkylation sites (tertiary alicyclic amines) is 1. The number of hydrogen-bond acceptors (Lipinski definition) is 8. The number of allylic oxidation sites excluding steroid dienone is 1. The molecule has 0 bridgehead atoms. The molecule has 232 valence electrons. The molecule has 0 amide bonds. The number of piperidine rings is 1. The van der Waals surface area contributed by atoms with Crippen LogP contribution < -0.4 is 5.56 Å². The van der Waals surface area contributed by atoms with E-state index in [9.17, 15) is 14.0 Å². The number of carbonyl (C=O) groups excluding carboxylic acids is 1. The number of ether oxygens (including phenoxy) is 2. The summed E-state index contributed by atoms with van der Waals surface area (Å²) in [6.07, 6.45) is 3.85. The molecule has 5 rings (SSSR count).